The van der Waals surface area contributed by atoms with Gasteiger partial charge in [0.2, 0.25) is 0 Å². The van der Waals surface area contributed by atoms with Crippen LogP contribution >= 0.6 is 0 Å². The average molecular weight is 324 g/mol. The van der Waals surface area contributed by atoms with Crippen molar-refractivity contribution < 1.29 is 0 Å². The zero-order chi connectivity index (χ0) is 16.9. The fourth-order valence-corrected chi connectivity index (χ4v) is 3.13. The third-order valence-corrected chi connectivity index (χ3v) is 4.49. The van der Waals surface area contributed by atoms with Gasteiger partial charge in [0.25, 0.3) is 0 Å². The number of rotatable bonds is 5. The molecule has 0 aliphatic carbocycles. The van der Waals surface area contributed by atoms with E-state index in [1.54, 1.807) is 6.33 Å². The minimum Gasteiger partial charge on any atom is -0.293 e. The zero-order valence-corrected chi connectivity index (χ0v) is 14.3. The Bertz CT molecular complexity index is 679. The highest BCUT2D eigenvalue weighted by atomic mass is 15.4. The Labute approximate surface area is 143 Å². The van der Waals surface area contributed by atoms with Gasteiger partial charge in [0.05, 0.1) is 18.3 Å². The van der Waals surface area contributed by atoms with Gasteiger partial charge in [-0.25, -0.2) is 9.67 Å². The molecular formula is C18H24N6. The first kappa shape index (κ1) is 16.6. The molecule has 1 atom stereocenters. The second kappa shape index (κ2) is 7.56. The summed E-state index contributed by atoms with van der Waals surface area (Å²) >= 11 is 0. The van der Waals surface area contributed by atoms with Crippen LogP contribution in [0.2, 0.25) is 0 Å². The summed E-state index contributed by atoms with van der Waals surface area (Å²) < 4.78 is 1.82. The maximum atomic E-state index is 9.33. The number of para-hydroxylation sites is 1. The van der Waals surface area contributed by atoms with Gasteiger partial charge in [0, 0.05) is 26.2 Å². The Hall–Kier alpha value is -2.23. The number of benzene rings is 1. The van der Waals surface area contributed by atoms with Crippen molar-refractivity contribution in [2.24, 2.45) is 5.92 Å². The number of hydrogen-bond donors (Lipinski definition) is 0. The minimum atomic E-state index is 0.0163. The second-order valence-electron chi connectivity index (χ2n) is 6.57. The normalized spacial score (nSPS) is 17.8. The van der Waals surface area contributed by atoms with Crippen LogP contribution in [0.4, 0.5) is 0 Å². The Morgan fingerprint density at radius 3 is 2.46 bits per heavy atom. The van der Waals surface area contributed by atoms with Crippen LogP contribution < -0.4 is 0 Å². The lowest BCUT2D eigenvalue weighted by Crippen LogP contribution is -2.51. The average Bonchev–Trinajstić information content (AvgIpc) is 3.06. The second-order valence-corrected chi connectivity index (χ2v) is 6.57. The minimum absolute atomic E-state index is 0.0163. The van der Waals surface area contributed by atoms with E-state index in [0.29, 0.717) is 5.92 Å². The lowest BCUT2D eigenvalue weighted by atomic mass is 10.0. The van der Waals surface area contributed by atoms with E-state index in [0.717, 1.165) is 44.2 Å². The summed E-state index contributed by atoms with van der Waals surface area (Å²) in [5, 5.41) is 13.9. The Kier molecular flexibility index (Phi) is 5.24. The van der Waals surface area contributed by atoms with Crippen molar-refractivity contribution in [3.63, 3.8) is 0 Å². The topological polar surface area (TPSA) is 61.0 Å². The van der Waals surface area contributed by atoms with E-state index in [-0.39, 0.29) is 6.04 Å². The molecule has 0 unspecified atom stereocenters. The fraction of sp³-hybridized carbons (Fsp3) is 0.500. The first-order valence-corrected chi connectivity index (χ1v) is 8.49. The van der Waals surface area contributed by atoms with Gasteiger partial charge in [0.1, 0.15) is 12.4 Å². The molecule has 0 N–H and O–H groups in total. The van der Waals surface area contributed by atoms with E-state index in [9.17, 15) is 5.26 Å². The summed E-state index contributed by atoms with van der Waals surface area (Å²) in [4.78, 5) is 9.08. The smallest absolute Gasteiger partial charge is 0.164 e. The predicted molar refractivity (Wildman–Crippen MR) is 92.4 cm³/mol. The van der Waals surface area contributed by atoms with Gasteiger partial charge in [0.15, 0.2) is 5.82 Å². The van der Waals surface area contributed by atoms with Gasteiger partial charge in [-0.1, -0.05) is 32.0 Å². The molecule has 6 nitrogen and oxygen atoms in total. The Balaban J connectivity index is 1.56. The van der Waals surface area contributed by atoms with E-state index in [1.165, 1.54) is 0 Å². The van der Waals surface area contributed by atoms with Crippen molar-refractivity contribution in [2.45, 2.75) is 26.4 Å². The molecule has 1 aromatic heterocycles. The molecule has 6 heteroatoms. The van der Waals surface area contributed by atoms with Crippen LogP contribution in [0.1, 0.15) is 19.7 Å². The molecule has 24 heavy (non-hydrogen) atoms. The van der Waals surface area contributed by atoms with E-state index >= 15 is 0 Å². The molecule has 1 fully saturated rings. The van der Waals surface area contributed by atoms with Crippen LogP contribution in [-0.2, 0) is 6.54 Å². The monoisotopic (exact) mass is 324 g/mol. The van der Waals surface area contributed by atoms with Crippen LogP contribution in [-0.4, -0.2) is 56.8 Å². The molecule has 0 radical (unpaired) electrons. The van der Waals surface area contributed by atoms with E-state index in [4.69, 9.17) is 0 Å². The Morgan fingerprint density at radius 2 is 1.83 bits per heavy atom. The summed E-state index contributed by atoms with van der Waals surface area (Å²) in [6.07, 6.45) is 1.77. The first-order chi connectivity index (χ1) is 11.7. The Morgan fingerprint density at radius 1 is 1.12 bits per heavy atom. The van der Waals surface area contributed by atoms with Crippen LogP contribution in [0, 0.1) is 17.2 Å². The lowest BCUT2D eigenvalue weighted by Gasteiger charge is -2.37. The summed E-state index contributed by atoms with van der Waals surface area (Å²) in [7, 11) is 0. The van der Waals surface area contributed by atoms with Crippen molar-refractivity contribution in [2.75, 3.05) is 26.2 Å². The maximum Gasteiger partial charge on any atom is 0.164 e. The molecule has 1 saturated heterocycles. The standard InChI is InChI=1S/C18H24N6/c1-15(2)17(12-19)23-10-8-22(9-11-23)13-18-20-14-24(21-18)16-6-4-3-5-7-16/h3-7,14-15,17H,8-11,13H2,1-2H3/t17-/m0/s1. The highest BCUT2D eigenvalue weighted by Gasteiger charge is 2.26. The van der Waals surface area contributed by atoms with Crippen LogP contribution in [0.15, 0.2) is 36.7 Å². The molecule has 0 amide bonds. The lowest BCUT2D eigenvalue weighted by molar-refractivity contribution is 0.0925. The predicted octanol–water partition coefficient (Wildman–Crippen LogP) is 1.93. The van der Waals surface area contributed by atoms with Crippen molar-refractivity contribution in [3.8, 4) is 11.8 Å². The van der Waals surface area contributed by atoms with Crippen molar-refractivity contribution in [3.05, 3.63) is 42.5 Å². The summed E-state index contributed by atoms with van der Waals surface area (Å²) in [5.41, 5.74) is 1.02. The molecule has 1 aromatic carbocycles. The van der Waals surface area contributed by atoms with Gasteiger partial charge in [-0.05, 0) is 18.1 Å². The molecule has 3 rings (SSSR count). The highest BCUT2D eigenvalue weighted by Crippen LogP contribution is 2.14. The van der Waals surface area contributed by atoms with E-state index < -0.39 is 0 Å². The van der Waals surface area contributed by atoms with Crippen molar-refractivity contribution in [1.29, 1.82) is 5.26 Å². The quantitative estimate of drug-likeness (QED) is 0.841. The summed E-state index contributed by atoms with van der Waals surface area (Å²) in [5.74, 6) is 1.21. The van der Waals surface area contributed by atoms with Gasteiger partial charge in [-0.2, -0.15) is 5.26 Å². The van der Waals surface area contributed by atoms with Crippen LogP contribution in [0.5, 0.6) is 0 Å². The molecule has 2 heterocycles. The van der Waals surface area contributed by atoms with Gasteiger partial charge >= 0.3 is 0 Å². The van der Waals surface area contributed by atoms with Gasteiger partial charge in [-0.3, -0.25) is 9.80 Å². The van der Waals surface area contributed by atoms with Crippen molar-refractivity contribution in [1.82, 2.24) is 24.6 Å². The number of hydrogen-bond acceptors (Lipinski definition) is 5. The summed E-state index contributed by atoms with van der Waals surface area (Å²) in [6.45, 7) is 8.73. The van der Waals surface area contributed by atoms with Crippen LogP contribution in [0.3, 0.4) is 0 Å². The highest BCUT2D eigenvalue weighted by molar-refractivity contribution is 5.29. The number of piperazine rings is 1. The molecule has 0 spiro atoms. The van der Waals surface area contributed by atoms with Crippen molar-refractivity contribution >= 4 is 0 Å². The SMILES string of the molecule is CC(C)[C@H](C#N)N1CCN(Cc2ncn(-c3ccccc3)n2)CC1. The number of nitrogens with zero attached hydrogens (tertiary/aromatic N) is 6. The first-order valence-electron chi connectivity index (χ1n) is 8.49. The van der Waals surface area contributed by atoms with Crippen LogP contribution in [0.25, 0.3) is 5.69 Å². The molecule has 0 bridgehead atoms. The fourth-order valence-electron chi connectivity index (χ4n) is 3.13. The third-order valence-electron chi connectivity index (χ3n) is 4.49. The van der Waals surface area contributed by atoms with Gasteiger partial charge in [-0.15, -0.1) is 5.10 Å². The molecular weight excluding hydrogens is 300 g/mol. The largest absolute Gasteiger partial charge is 0.293 e. The van der Waals surface area contributed by atoms with E-state index in [1.807, 2.05) is 35.0 Å². The number of aromatic nitrogens is 3. The maximum absolute atomic E-state index is 9.33. The third kappa shape index (κ3) is 3.81. The molecule has 1 aliphatic heterocycles. The molecule has 126 valence electrons. The number of nitriles is 1. The summed E-state index contributed by atoms with van der Waals surface area (Å²) in [6, 6.07) is 12.5. The zero-order valence-electron chi connectivity index (χ0n) is 14.3. The van der Waals surface area contributed by atoms with Gasteiger partial charge < -0.3 is 0 Å². The molecule has 2 aromatic rings. The van der Waals surface area contributed by atoms with E-state index in [2.05, 4.69) is 39.8 Å². The molecule has 1 aliphatic rings. The molecule has 0 saturated carbocycles.